The van der Waals surface area contributed by atoms with Crippen LogP contribution < -0.4 is 10.1 Å². The first kappa shape index (κ1) is 20.5. The number of nitrogens with one attached hydrogen (secondary N) is 1. The average Bonchev–Trinajstić information content (AvgIpc) is 2.73. The molecule has 1 amide bonds. The van der Waals surface area contributed by atoms with Gasteiger partial charge in [0, 0.05) is 20.3 Å². The molecule has 0 saturated heterocycles. The van der Waals surface area contributed by atoms with Gasteiger partial charge in [0.15, 0.2) is 0 Å². The van der Waals surface area contributed by atoms with Crippen LogP contribution in [0.4, 0.5) is 5.69 Å². The van der Waals surface area contributed by atoms with Crippen molar-refractivity contribution in [3.8, 4) is 5.75 Å². The topological polar surface area (TPSA) is 88.6 Å². The van der Waals surface area contributed by atoms with E-state index >= 15 is 0 Å². The fourth-order valence-corrected chi connectivity index (χ4v) is 3.48. The molecule has 1 N–H and O–H groups in total. The molecule has 8 heteroatoms. The molecule has 0 spiro atoms. The number of sulfonamides is 1. The lowest BCUT2D eigenvalue weighted by Crippen LogP contribution is -2.23. The van der Waals surface area contributed by atoms with Crippen LogP contribution in [0.1, 0.15) is 15.9 Å². The van der Waals surface area contributed by atoms with Crippen molar-refractivity contribution in [1.29, 1.82) is 0 Å². The fourth-order valence-electron chi connectivity index (χ4n) is 2.55. The number of carbonyl (C=O) groups excluding carboxylic acids is 1. The van der Waals surface area contributed by atoms with E-state index in [4.69, 9.17) is 4.74 Å². The third-order valence-electron chi connectivity index (χ3n) is 4.13. The molecule has 2 aromatic carbocycles. The van der Waals surface area contributed by atoms with E-state index in [1.165, 1.54) is 38.5 Å². The maximum absolute atomic E-state index is 12.9. The molecular weight excluding hydrogens is 390 g/mol. The van der Waals surface area contributed by atoms with Crippen LogP contribution in [-0.4, -0.2) is 37.7 Å². The number of rotatable bonds is 7. The molecule has 7 nitrogen and oxygen atoms in total. The van der Waals surface area contributed by atoms with Crippen molar-refractivity contribution in [2.45, 2.75) is 11.5 Å². The smallest absolute Gasteiger partial charge is 0.259 e. The predicted molar refractivity (Wildman–Crippen MR) is 110 cm³/mol. The minimum atomic E-state index is -3.70. The Bertz CT molecular complexity index is 1090. The summed E-state index contributed by atoms with van der Waals surface area (Å²) < 4.78 is 31.9. The summed E-state index contributed by atoms with van der Waals surface area (Å²) in [6.07, 6.45) is 3.09. The molecule has 0 unspecified atom stereocenters. The monoisotopic (exact) mass is 411 g/mol. The highest BCUT2D eigenvalue weighted by molar-refractivity contribution is 7.89. The van der Waals surface area contributed by atoms with Gasteiger partial charge < -0.3 is 10.1 Å². The van der Waals surface area contributed by atoms with Gasteiger partial charge in [-0.25, -0.2) is 12.7 Å². The van der Waals surface area contributed by atoms with Gasteiger partial charge in [0.1, 0.15) is 12.4 Å². The number of hydrogen-bond donors (Lipinski definition) is 1. The van der Waals surface area contributed by atoms with E-state index < -0.39 is 15.9 Å². The van der Waals surface area contributed by atoms with Gasteiger partial charge in [0.05, 0.1) is 22.3 Å². The SMILES string of the molecule is CN(C)S(=O)(=O)c1ccc(OCc2ccccc2)c(C(=O)Nc2cccnc2)c1. The van der Waals surface area contributed by atoms with E-state index in [2.05, 4.69) is 10.3 Å². The Morgan fingerprint density at radius 3 is 2.48 bits per heavy atom. The maximum Gasteiger partial charge on any atom is 0.259 e. The third kappa shape index (κ3) is 4.98. The van der Waals surface area contributed by atoms with Crippen molar-refractivity contribution in [3.05, 3.63) is 84.2 Å². The Balaban J connectivity index is 1.94. The molecule has 3 rings (SSSR count). The second-order valence-corrected chi connectivity index (χ2v) is 8.57. The van der Waals surface area contributed by atoms with Crippen molar-refractivity contribution in [2.75, 3.05) is 19.4 Å². The molecule has 1 heterocycles. The molecule has 0 radical (unpaired) electrons. The van der Waals surface area contributed by atoms with Crippen LogP contribution in [0.2, 0.25) is 0 Å². The molecule has 0 aliphatic carbocycles. The average molecular weight is 411 g/mol. The lowest BCUT2D eigenvalue weighted by molar-refractivity contribution is 0.102. The number of hydrogen-bond acceptors (Lipinski definition) is 5. The number of carbonyl (C=O) groups is 1. The molecular formula is C21H21N3O4S. The number of ether oxygens (including phenoxy) is 1. The predicted octanol–water partition coefficient (Wildman–Crippen LogP) is 3.16. The Morgan fingerprint density at radius 2 is 1.83 bits per heavy atom. The number of pyridine rings is 1. The second kappa shape index (κ2) is 8.85. The van der Waals surface area contributed by atoms with Gasteiger partial charge in [-0.3, -0.25) is 9.78 Å². The molecule has 0 aliphatic heterocycles. The van der Waals surface area contributed by atoms with Gasteiger partial charge in [0.25, 0.3) is 5.91 Å². The molecule has 3 aromatic rings. The van der Waals surface area contributed by atoms with Crippen molar-refractivity contribution < 1.29 is 17.9 Å². The maximum atomic E-state index is 12.9. The number of aromatic nitrogens is 1. The summed E-state index contributed by atoms with van der Waals surface area (Å²) >= 11 is 0. The van der Waals surface area contributed by atoms with Gasteiger partial charge in [-0.2, -0.15) is 0 Å². The molecule has 0 aliphatic rings. The quantitative estimate of drug-likeness (QED) is 0.645. The molecule has 0 saturated carbocycles. The zero-order valence-electron chi connectivity index (χ0n) is 16.1. The summed E-state index contributed by atoms with van der Waals surface area (Å²) in [6, 6.07) is 17.1. The zero-order valence-corrected chi connectivity index (χ0v) is 16.9. The summed E-state index contributed by atoms with van der Waals surface area (Å²) in [5.74, 6) is -0.204. The van der Waals surface area contributed by atoms with E-state index in [0.29, 0.717) is 5.69 Å². The number of nitrogens with zero attached hydrogens (tertiary/aromatic N) is 2. The Kier molecular flexibility index (Phi) is 6.26. The minimum absolute atomic E-state index is 0.00546. The van der Waals surface area contributed by atoms with Gasteiger partial charge in [-0.05, 0) is 35.9 Å². The number of benzene rings is 2. The molecule has 1 aromatic heterocycles. The van der Waals surface area contributed by atoms with Crippen LogP contribution in [0.25, 0.3) is 0 Å². The van der Waals surface area contributed by atoms with Crippen LogP contribution in [0, 0.1) is 0 Å². The van der Waals surface area contributed by atoms with Gasteiger partial charge >= 0.3 is 0 Å². The van der Waals surface area contributed by atoms with E-state index in [-0.39, 0.29) is 22.8 Å². The van der Waals surface area contributed by atoms with Crippen molar-refractivity contribution in [1.82, 2.24) is 9.29 Å². The zero-order chi connectivity index (χ0) is 20.9. The molecule has 29 heavy (non-hydrogen) atoms. The van der Waals surface area contributed by atoms with Crippen LogP contribution in [0.5, 0.6) is 5.75 Å². The van der Waals surface area contributed by atoms with Gasteiger partial charge in [0.2, 0.25) is 10.0 Å². The highest BCUT2D eigenvalue weighted by atomic mass is 32.2. The first-order chi connectivity index (χ1) is 13.9. The van der Waals surface area contributed by atoms with Crippen LogP contribution in [0.15, 0.2) is 78.0 Å². The van der Waals surface area contributed by atoms with Crippen LogP contribution in [-0.2, 0) is 16.6 Å². The first-order valence-corrected chi connectivity index (χ1v) is 10.3. The van der Waals surface area contributed by atoms with Crippen molar-refractivity contribution in [2.24, 2.45) is 0 Å². The lowest BCUT2D eigenvalue weighted by atomic mass is 10.1. The minimum Gasteiger partial charge on any atom is -0.488 e. The fraction of sp³-hybridized carbons (Fsp3) is 0.143. The number of amides is 1. The van der Waals surface area contributed by atoms with Crippen molar-refractivity contribution in [3.63, 3.8) is 0 Å². The highest BCUT2D eigenvalue weighted by Gasteiger charge is 2.22. The summed E-state index contributed by atoms with van der Waals surface area (Å²) in [6.45, 7) is 0.244. The normalized spacial score (nSPS) is 11.3. The summed E-state index contributed by atoms with van der Waals surface area (Å²) in [5, 5.41) is 2.71. The third-order valence-corrected chi connectivity index (χ3v) is 5.94. The molecule has 0 fully saturated rings. The van der Waals surface area contributed by atoms with E-state index in [0.717, 1.165) is 9.87 Å². The standard InChI is InChI=1S/C21H21N3O4S/c1-24(2)29(26,27)18-10-11-20(28-15-16-7-4-3-5-8-16)19(13-18)21(25)23-17-9-6-12-22-14-17/h3-14H,15H2,1-2H3,(H,23,25). The Labute approximate surface area is 170 Å². The summed E-state index contributed by atoms with van der Waals surface area (Å²) in [5.41, 5.74) is 1.54. The second-order valence-electron chi connectivity index (χ2n) is 6.42. The van der Waals surface area contributed by atoms with Crippen molar-refractivity contribution >= 4 is 21.6 Å². The first-order valence-electron chi connectivity index (χ1n) is 8.82. The van der Waals surface area contributed by atoms with E-state index in [1.54, 1.807) is 18.3 Å². The van der Waals surface area contributed by atoms with E-state index in [1.807, 2.05) is 30.3 Å². The largest absolute Gasteiger partial charge is 0.488 e. The van der Waals surface area contributed by atoms with Gasteiger partial charge in [-0.15, -0.1) is 0 Å². The molecule has 0 bridgehead atoms. The number of anilines is 1. The lowest BCUT2D eigenvalue weighted by Gasteiger charge is -2.16. The molecule has 0 atom stereocenters. The van der Waals surface area contributed by atoms with Crippen LogP contribution >= 0.6 is 0 Å². The molecule has 150 valence electrons. The Hall–Kier alpha value is -3.23. The van der Waals surface area contributed by atoms with E-state index in [9.17, 15) is 13.2 Å². The summed E-state index contributed by atoms with van der Waals surface area (Å²) in [4.78, 5) is 16.8. The van der Waals surface area contributed by atoms with Gasteiger partial charge in [-0.1, -0.05) is 30.3 Å². The Morgan fingerprint density at radius 1 is 1.07 bits per heavy atom. The summed E-state index contributed by atoms with van der Waals surface area (Å²) in [7, 11) is -0.834. The van der Waals surface area contributed by atoms with Crippen LogP contribution in [0.3, 0.4) is 0 Å². The highest BCUT2D eigenvalue weighted by Crippen LogP contribution is 2.26.